The molecular formula is C26H33N3O5S. The number of fused-ring (bicyclic) bond motifs is 1. The maximum absolute atomic E-state index is 13.3. The van der Waals surface area contributed by atoms with Gasteiger partial charge in [0.2, 0.25) is 11.8 Å². The Morgan fingerprint density at radius 2 is 1.63 bits per heavy atom. The van der Waals surface area contributed by atoms with Gasteiger partial charge in [0.25, 0.3) is 10.0 Å². The Hall–Kier alpha value is -3.07. The fourth-order valence-corrected chi connectivity index (χ4v) is 5.91. The van der Waals surface area contributed by atoms with Gasteiger partial charge in [0.15, 0.2) is 0 Å². The van der Waals surface area contributed by atoms with Crippen LogP contribution in [0.2, 0.25) is 0 Å². The summed E-state index contributed by atoms with van der Waals surface area (Å²) < 4.78 is 33.2. The minimum atomic E-state index is -3.77. The second-order valence-corrected chi connectivity index (χ2v) is 10.9. The molecule has 2 aliphatic heterocycles. The number of anilines is 2. The lowest BCUT2D eigenvalue weighted by Gasteiger charge is -2.27. The topological polar surface area (TPSA) is 87.2 Å². The molecule has 0 N–H and O–H groups in total. The first kappa shape index (κ1) is 25.0. The Morgan fingerprint density at radius 1 is 0.943 bits per heavy atom. The van der Waals surface area contributed by atoms with Gasteiger partial charge in [0.05, 0.1) is 17.2 Å². The summed E-state index contributed by atoms with van der Waals surface area (Å²) in [5, 5.41) is 0. The Balaban J connectivity index is 1.43. The van der Waals surface area contributed by atoms with Crippen LogP contribution in [0.5, 0.6) is 5.75 Å². The molecule has 4 rings (SSSR count). The normalized spacial score (nSPS) is 15.6. The van der Waals surface area contributed by atoms with Gasteiger partial charge >= 0.3 is 0 Å². The highest BCUT2D eigenvalue weighted by atomic mass is 32.2. The van der Waals surface area contributed by atoms with Gasteiger partial charge in [-0.3, -0.25) is 13.9 Å². The number of hydrogen-bond donors (Lipinski definition) is 0. The van der Waals surface area contributed by atoms with E-state index in [9.17, 15) is 18.0 Å². The number of piperidine rings is 1. The van der Waals surface area contributed by atoms with Gasteiger partial charge < -0.3 is 14.5 Å². The van der Waals surface area contributed by atoms with Crippen molar-refractivity contribution in [3.8, 4) is 5.75 Å². The maximum atomic E-state index is 13.3. The van der Waals surface area contributed by atoms with Crippen molar-refractivity contribution in [1.29, 1.82) is 0 Å². The highest BCUT2D eigenvalue weighted by molar-refractivity contribution is 7.92. The molecule has 0 unspecified atom stereocenters. The molecule has 1 fully saturated rings. The summed E-state index contributed by atoms with van der Waals surface area (Å²) in [6, 6.07) is 11.8. The van der Waals surface area contributed by atoms with Crippen LogP contribution in [0.15, 0.2) is 47.4 Å². The minimum Gasteiger partial charge on any atom is -0.494 e. The van der Waals surface area contributed by atoms with E-state index in [1.807, 2.05) is 11.8 Å². The lowest BCUT2D eigenvalue weighted by molar-refractivity contribution is -0.133. The molecule has 35 heavy (non-hydrogen) atoms. The number of amides is 2. The third-order valence-electron chi connectivity index (χ3n) is 6.68. The van der Waals surface area contributed by atoms with E-state index >= 15 is 0 Å². The molecule has 0 aliphatic carbocycles. The molecule has 2 aromatic carbocycles. The number of ether oxygens (including phenoxy) is 1. The predicted molar refractivity (Wildman–Crippen MR) is 135 cm³/mol. The zero-order valence-corrected chi connectivity index (χ0v) is 21.2. The molecule has 2 amide bonds. The van der Waals surface area contributed by atoms with Crippen LogP contribution in [0.25, 0.3) is 0 Å². The number of nitrogens with zero attached hydrogens (tertiary/aromatic N) is 3. The summed E-state index contributed by atoms with van der Waals surface area (Å²) in [4.78, 5) is 29.0. The van der Waals surface area contributed by atoms with Gasteiger partial charge in [-0.1, -0.05) is 0 Å². The van der Waals surface area contributed by atoms with Gasteiger partial charge in [0.1, 0.15) is 5.75 Å². The summed E-state index contributed by atoms with van der Waals surface area (Å²) in [6.07, 6.45) is 4.16. The lowest BCUT2D eigenvalue weighted by Crippen LogP contribution is -2.37. The van der Waals surface area contributed by atoms with Crippen molar-refractivity contribution in [2.24, 2.45) is 0 Å². The van der Waals surface area contributed by atoms with Crippen LogP contribution in [0.1, 0.15) is 44.6 Å². The second kappa shape index (κ2) is 10.7. The molecule has 1 saturated heterocycles. The molecule has 2 aliphatic rings. The van der Waals surface area contributed by atoms with E-state index in [2.05, 4.69) is 0 Å². The van der Waals surface area contributed by atoms with Gasteiger partial charge in [-0.15, -0.1) is 0 Å². The van der Waals surface area contributed by atoms with Gasteiger partial charge in [-0.2, -0.15) is 0 Å². The van der Waals surface area contributed by atoms with E-state index < -0.39 is 10.0 Å². The fraction of sp³-hybridized carbons (Fsp3) is 0.462. The SMILES string of the molecule is CCOc1ccc(N(C)S(=O)(=O)c2ccc3c(c2)CCN3C(=O)CCC(=O)N2CCCCC2)cc1. The number of likely N-dealkylation sites (tertiary alicyclic amines) is 1. The standard InChI is InChI=1S/C26H33N3O5S/c1-3-34-22-9-7-21(8-10-22)27(2)35(32,33)23-11-12-24-20(19-23)15-18-29(24)26(31)14-13-25(30)28-16-5-4-6-17-28/h7-12,19H,3-6,13-18H2,1-2H3. The van der Waals surface area contributed by atoms with E-state index in [4.69, 9.17) is 4.74 Å². The number of carbonyl (C=O) groups is 2. The number of carbonyl (C=O) groups excluding carboxylic acids is 2. The molecule has 8 nitrogen and oxygen atoms in total. The zero-order chi connectivity index (χ0) is 25.0. The van der Waals surface area contributed by atoms with Crippen molar-refractivity contribution in [2.75, 3.05) is 42.5 Å². The monoisotopic (exact) mass is 499 g/mol. The molecule has 0 atom stereocenters. The molecular weight excluding hydrogens is 466 g/mol. The average molecular weight is 500 g/mol. The first-order valence-corrected chi connectivity index (χ1v) is 13.7. The predicted octanol–water partition coefficient (Wildman–Crippen LogP) is 3.59. The van der Waals surface area contributed by atoms with Crippen LogP contribution in [0.4, 0.5) is 11.4 Å². The summed E-state index contributed by atoms with van der Waals surface area (Å²) in [5.41, 5.74) is 2.08. The summed E-state index contributed by atoms with van der Waals surface area (Å²) in [7, 11) is -2.25. The fourth-order valence-electron chi connectivity index (χ4n) is 4.66. The molecule has 188 valence electrons. The summed E-state index contributed by atoms with van der Waals surface area (Å²) in [6.45, 7) is 4.48. The van der Waals surface area contributed by atoms with Crippen molar-refractivity contribution in [2.45, 2.75) is 50.3 Å². The molecule has 0 spiro atoms. The lowest BCUT2D eigenvalue weighted by atomic mass is 10.1. The van der Waals surface area contributed by atoms with Crippen molar-refractivity contribution in [3.63, 3.8) is 0 Å². The van der Waals surface area contributed by atoms with Gasteiger partial charge in [-0.25, -0.2) is 8.42 Å². The number of rotatable bonds is 8. The molecule has 0 aromatic heterocycles. The Labute approximate surface area is 207 Å². The van der Waals surface area contributed by atoms with E-state index in [-0.39, 0.29) is 29.6 Å². The van der Waals surface area contributed by atoms with Gasteiger partial charge in [0, 0.05) is 45.2 Å². The van der Waals surface area contributed by atoms with E-state index in [1.54, 1.807) is 47.4 Å². The van der Waals surface area contributed by atoms with Crippen molar-refractivity contribution in [3.05, 3.63) is 48.0 Å². The largest absolute Gasteiger partial charge is 0.494 e. The smallest absolute Gasteiger partial charge is 0.264 e. The second-order valence-electron chi connectivity index (χ2n) is 8.93. The number of benzene rings is 2. The third kappa shape index (κ3) is 5.45. The molecule has 0 bridgehead atoms. The van der Waals surface area contributed by atoms with Crippen molar-refractivity contribution >= 4 is 33.2 Å². The quantitative estimate of drug-likeness (QED) is 0.554. The maximum Gasteiger partial charge on any atom is 0.264 e. The van der Waals surface area contributed by atoms with Crippen LogP contribution in [-0.4, -0.2) is 58.4 Å². The van der Waals surface area contributed by atoms with E-state index in [1.165, 1.54) is 11.4 Å². The molecule has 2 aromatic rings. The molecule has 9 heteroatoms. The molecule has 2 heterocycles. The highest BCUT2D eigenvalue weighted by Gasteiger charge is 2.29. The zero-order valence-electron chi connectivity index (χ0n) is 20.4. The first-order chi connectivity index (χ1) is 16.8. The van der Waals surface area contributed by atoms with Crippen molar-refractivity contribution in [1.82, 2.24) is 4.90 Å². The summed E-state index contributed by atoms with van der Waals surface area (Å²) >= 11 is 0. The Bertz CT molecular complexity index is 1170. The first-order valence-electron chi connectivity index (χ1n) is 12.2. The number of hydrogen-bond acceptors (Lipinski definition) is 5. The number of sulfonamides is 1. The summed E-state index contributed by atoms with van der Waals surface area (Å²) in [5.74, 6) is 0.620. The third-order valence-corrected chi connectivity index (χ3v) is 8.46. The van der Waals surface area contributed by atoms with E-state index in [0.717, 1.165) is 43.6 Å². The van der Waals surface area contributed by atoms with Crippen LogP contribution in [0, 0.1) is 0 Å². The van der Waals surface area contributed by atoms with Crippen LogP contribution >= 0.6 is 0 Å². The Kier molecular flexibility index (Phi) is 7.64. The molecule has 0 radical (unpaired) electrons. The highest BCUT2D eigenvalue weighted by Crippen LogP contribution is 2.33. The van der Waals surface area contributed by atoms with E-state index in [0.29, 0.717) is 31.0 Å². The van der Waals surface area contributed by atoms with Gasteiger partial charge in [-0.05, 0) is 80.6 Å². The van der Waals surface area contributed by atoms with Crippen molar-refractivity contribution < 1.29 is 22.7 Å². The van der Waals surface area contributed by atoms with Crippen LogP contribution < -0.4 is 13.9 Å². The minimum absolute atomic E-state index is 0.0382. The van der Waals surface area contributed by atoms with Crippen LogP contribution in [0.3, 0.4) is 0 Å². The Morgan fingerprint density at radius 3 is 2.31 bits per heavy atom. The average Bonchev–Trinajstić information content (AvgIpc) is 3.31. The van der Waals surface area contributed by atoms with Crippen LogP contribution in [-0.2, 0) is 26.0 Å². The molecule has 0 saturated carbocycles.